The second kappa shape index (κ2) is 7.61. The lowest BCUT2D eigenvalue weighted by Gasteiger charge is -2.39. The molecule has 148 valence electrons. The average Bonchev–Trinajstić information content (AvgIpc) is 3.03. The molecule has 4 rings (SSSR count). The third-order valence-corrected chi connectivity index (χ3v) is 5.02. The molecule has 2 N–H and O–H groups in total. The highest BCUT2D eigenvalue weighted by Gasteiger charge is 2.25. The molecule has 0 saturated carbocycles. The Kier molecular flexibility index (Phi) is 5.02. The molecule has 0 amide bonds. The fourth-order valence-corrected chi connectivity index (χ4v) is 3.55. The van der Waals surface area contributed by atoms with Crippen LogP contribution in [0.15, 0.2) is 18.5 Å². The molecule has 1 saturated heterocycles. The highest BCUT2D eigenvalue weighted by molar-refractivity contribution is 5.60. The minimum Gasteiger partial charge on any atom is -0.462 e. The molecule has 28 heavy (non-hydrogen) atoms. The maximum atomic E-state index is 6.05. The summed E-state index contributed by atoms with van der Waals surface area (Å²) in [5, 5.41) is 4.48. The normalized spacial score (nSPS) is 14.5. The smallest absolute Gasteiger partial charge is 0.336 e. The van der Waals surface area contributed by atoms with Gasteiger partial charge in [0.2, 0.25) is 0 Å². The van der Waals surface area contributed by atoms with Gasteiger partial charge in [-0.2, -0.15) is 4.98 Å². The van der Waals surface area contributed by atoms with E-state index >= 15 is 0 Å². The molecule has 1 fully saturated rings. The fraction of sp³-hybridized carbons (Fsp3) is 0.500. The van der Waals surface area contributed by atoms with Crippen molar-refractivity contribution in [2.45, 2.75) is 40.0 Å². The van der Waals surface area contributed by atoms with Crippen LogP contribution in [0.2, 0.25) is 0 Å². The summed E-state index contributed by atoms with van der Waals surface area (Å²) in [5.41, 5.74) is 9.83. The number of fused-ring (bicyclic) bond motifs is 1. The molecule has 0 aromatic carbocycles. The van der Waals surface area contributed by atoms with Gasteiger partial charge in [-0.25, -0.2) is 14.5 Å². The average molecular weight is 381 g/mol. The van der Waals surface area contributed by atoms with Gasteiger partial charge in [0.1, 0.15) is 5.82 Å². The van der Waals surface area contributed by atoms with Gasteiger partial charge in [0.05, 0.1) is 18.5 Å². The van der Waals surface area contributed by atoms with Crippen molar-refractivity contribution in [1.29, 1.82) is 0 Å². The van der Waals surface area contributed by atoms with E-state index < -0.39 is 0 Å². The Morgan fingerprint density at radius 3 is 2.79 bits per heavy atom. The number of ether oxygens (including phenoxy) is 1. The van der Waals surface area contributed by atoms with Gasteiger partial charge in [0.25, 0.3) is 0 Å². The van der Waals surface area contributed by atoms with Crippen molar-refractivity contribution >= 4 is 17.3 Å². The molecule has 0 bridgehead atoms. The number of nitrogens with two attached hydrogens (primary N) is 1. The van der Waals surface area contributed by atoms with Gasteiger partial charge in [-0.1, -0.05) is 26.3 Å². The summed E-state index contributed by atoms with van der Waals surface area (Å²) in [6, 6.07) is 2.47. The van der Waals surface area contributed by atoms with Crippen LogP contribution in [-0.4, -0.2) is 44.3 Å². The number of imidazole rings is 1. The lowest BCUT2D eigenvalue weighted by Crippen LogP contribution is -2.45. The van der Waals surface area contributed by atoms with E-state index in [0.717, 1.165) is 48.9 Å². The number of nitrogens with zero attached hydrogens (tertiary/aromatic N) is 6. The van der Waals surface area contributed by atoms with Crippen molar-refractivity contribution in [2.75, 3.05) is 30.3 Å². The number of nitrogen functional groups attached to an aromatic ring is 1. The van der Waals surface area contributed by atoms with Gasteiger partial charge in [-0.15, -0.1) is 5.10 Å². The minimum absolute atomic E-state index is 0.286. The van der Waals surface area contributed by atoms with Crippen molar-refractivity contribution < 1.29 is 4.74 Å². The first-order chi connectivity index (χ1) is 13.5. The number of pyridine rings is 1. The highest BCUT2D eigenvalue weighted by Crippen LogP contribution is 2.26. The van der Waals surface area contributed by atoms with Crippen LogP contribution in [0.4, 0.5) is 11.6 Å². The third-order valence-electron chi connectivity index (χ3n) is 5.02. The van der Waals surface area contributed by atoms with Crippen LogP contribution >= 0.6 is 0 Å². The molecule has 0 radical (unpaired) electrons. The number of aryl methyl sites for hydroxylation is 1. The van der Waals surface area contributed by atoms with Gasteiger partial charge in [-0.05, 0) is 30.4 Å². The van der Waals surface area contributed by atoms with Crippen molar-refractivity contribution in [2.24, 2.45) is 5.92 Å². The fourth-order valence-electron chi connectivity index (χ4n) is 3.55. The summed E-state index contributed by atoms with van der Waals surface area (Å²) in [7, 11) is 0. The number of hydrogen-bond acceptors (Lipinski definition) is 7. The quantitative estimate of drug-likeness (QED) is 0.629. The molecule has 8 nitrogen and oxygen atoms in total. The number of hydrogen-bond donors (Lipinski definition) is 1. The summed E-state index contributed by atoms with van der Waals surface area (Å²) in [6.45, 7) is 9.22. The van der Waals surface area contributed by atoms with E-state index in [9.17, 15) is 0 Å². The highest BCUT2D eigenvalue weighted by atomic mass is 16.5. The maximum absolute atomic E-state index is 6.05. The van der Waals surface area contributed by atoms with E-state index in [4.69, 9.17) is 15.5 Å². The van der Waals surface area contributed by atoms with E-state index in [0.29, 0.717) is 24.5 Å². The third kappa shape index (κ3) is 3.58. The Labute approximate surface area is 164 Å². The monoisotopic (exact) mass is 381 g/mol. The summed E-state index contributed by atoms with van der Waals surface area (Å²) in [6.07, 6.45) is 6.39. The van der Waals surface area contributed by atoms with Crippen LogP contribution in [-0.2, 0) is 6.42 Å². The number of unbranched alkanes of at least 4 members (excludes halogenated alkanes) is 1. The maximum Gasteiger partial charge on any atom is 0.336 e. The second-order valence-electron chi connectivity index (χ2n) is 7.64. The molecule has 3 aromatic rings. The zero-order valence-electron chi connectivity index (χ0n) is 16.7. The van der Waals surface area contributed by atoms with Crippen molar-refractivity contribution in [3.05, 3.63) is 35.3 Å². The van der Waals surface area contributed by atoms with Gasteiger partial charge < -0.3 is 15.4 Å². The summed E-state index contributed by atoms with van der Waals surface area (Å²) >= 11 is 0. The lowest BCUT2D eigenvalue weighted by atomic mass is 10.0. The van der Waals surface area contributed by atoms with Crippen molar-refractivity contribution in [1.82, 2.24) is 24.6 Å². The van der Waals surface area contributed by atoms with E-state index in [1.54, 1.807) is 10.7 Å². The zero-order chi connectivity index (χ0) is 19.7. The first-order valence-corrected chi connectivity index (χ1v) is 9.88. The van der Waals surface area contributed by atoms with Gasteiger partial charge in [0.15, 0.2) is 11.5 Å². The zero-order valence-corrected chi connectivity index (χ0v) is 16.7. The molecule has 0 spiro atoms. The van der Waals surface area contributed by atoms with Crippen LogP contribution in [0.3, 0.4) is 0 Å². The molecule has 0 unspecified atom stereocenters. The van der Waals surface area contributed by atoms with Crippen LogP contribution in [0, 0.1) is 12.8 Å². The van der Waals surface area contributed by atoms with Crippen molar-refractivity contribution in [3.8, 4) is 6.01 Å². The topological polar surface area (TPSA) is 94.5 Å². The molecular weight excluding hydrogens is 354 g/mol. The summed E-state index contributed by atoms with van der Waals surface area (Å²) < 4.78 is 7.36. The molecule has 1 aliphatic rings. The van der Waals surface area contributed by atoms with Crippen molar-refractivity contribution in [3.63, 3.8) is 0 Å². The molecule has 1 aliphatic heterocycles. The predicted molar refractivity (Wildman–Crippen MR) is 109 cm³/mol. The number of rotatable bonds is 7. The van der Waals surface area contributed by atoms with Crippen LogP contribution < -0.4 is 15.4 Å². The molecular formula is C20H27N7O. The number of aromatic nitrogens is 5. The predicted octanol–water partition coefficient (Wildman–Crippen LogP) is 2.64. The first-order valence-electron chi connectivity index (χ1n) is 9.88. The second-order valence-corrected chi connectivity index (χ2v) is 7.64. The van der Waals surface area contributed by atoms with Gasteiger partial charge in [-0.3, -0.25) is 0 Å². The molecule has 4 heterocycles. The van der Waals surface area contributed by atoms with E-state index in [1.807, 2.05) is 6.20 Å². The number of anilines is 2. The van der Waals surface area contributed by atoms with Crippen LogP contribution in [0.5, 0.6) is 6.01 Å². The summed E-state index contributed by atoms with van der Waals surface area (Å²) in [5.74, 6) is 2.15. The Hall–Kier alpha value is -2.90. The van der Waals surface area contributed by atoms with Gasteiger partial charge in [0, 0.05) is 25.7 Å². The van der Waals surface area contributed by atoms with Gasteiger partial charge >= 0.3 is 6.01 Å². The minimum atomic E-state index is 0.286. The standard InChI is InChI=1S/C20H27N7O/c1-4-5-6-28-20-24-17(21)19-23-10-16(27(19)25-20)8-15-7-14(3)18(22-9-15)26-11-13(2)12-26/h7,9-10,13H,4-6,8,11-12H2,1-3H3,(H2,21,24,25). The Bertz CT molecular complexity index is 978. The Morgan fingerprint density at radius 1 is 1.25 bits per heavy atom. The van der Waals surface area contributed by atoms with E-state index in [1.165, 1.54) is 5.56 Å². The molecule has 3 aromatic heterocycles. The van der Waals surface area contributed by atoms with Crippen LogP contribution in [0.25, 0.3) is 5.65 Å². The largest absolute Gasteiger partial charge is 0.462 e. The van der Waals surface area contributed by atoms with E-state index in [-0.39, 0.29) is 6.01 Å². The molecule has 0 aliphatic carbocycles. The Morgan fingerprint density at radius 2 is 2.07 bits per heavy atom. The SMILES string of the molecule is CCCCOc1nc(N)c2ncc(Cc3cnc(N4CC(C)C4)c(C)c3)n2n1. The van der Waals surface area contributed by atoms with Crippen LogP contribution in [0.1, 0.15) is 43.5 Å². The first kappa shape index (κ1) is 18.5. The lowest BCUT2D eigenvalue weighted by molar-refractivity contribution is 0.280. The molecule has 0 atom stereocenters. The van der Waals surface area contributed by atoms with E-state index in [2.05, 4.69) is 46.8 Å². The molecule has 8 heteroatoms. The Balaban J connectivity index is 1.56. The summed E-state index contributed by atoms with van der Waals surface area (Å²) in [4.78, 5) is 15.6.